The van der Waals surface area contributed by atoms with Gasteiger partial charge in [0.15, 0.2) is 37.7 Å². The van der Waals surface area contributed by atoms with Gasteiger partial charge >= 0.3 is 0 Å². The van der Waals surface area contributed by atoms with E-state index >= 15 is 0 Å². The average Bonchev–Trinajstić information content (AvgIpc) is 0.773. The van der Waals surface area contributed by atoms with Gasteiger partial charge in [-0.1, -0.05) is 232 Å². The van der Waals surface area contributed by atoms with E-state index in [2.05, 4.69) is 20.8 Å². The van der Waals surface area contributed by atoms with Crippen LogP contribution in [0.25, 0.3) is 0 Å². The normalized spacial score (nSPS) is 35.5. The maximum absolute atomic E-state index is 11.8. The van der Waals surface area contributed by atoms with Gasteiger partial charge in [0, 0.05) is 16.2 Å². The Morgan fingerprint density at radius 1 is 0.222 bits per heavy atom. The maximum Gasteiger partial charge on any atom is 0.186 e. The summed E-state index contributed by atoms with van der Waals surface area (Å²) in [6.07, 6.45) is -26.2. The first-order valence-electron chi connectivity index (χ1n) is 47.1. The van der Waals surface area contributed by atoms with E-state index in [4.69, 9.17) is 56.8 Å². The minimum Gasteiger partial charge on any atom is -0.394 e. The van der Waals surface area contributed by atoms with Crippen molar-refractivity contribution in [3.63, 3.8) is 0 Å². The summed E-state index contributed by atoms with van der Waals surface area (Å²) in [5.74, 6) is 0. The van der Waals surface area contributed by atoms with Crippen LogP contribution < -0.4 is 0 Å². The van der Waals surface area contributed by atoms with Crippen LogP contribution in [0.4, 0.5) is 0 Å². The Kier molecular flexibility index (Phi) is 50.7. The minimum atomic E-state index is -1.96. The van der Waals surface area contributed by atoms with Gasteiger partial charge in [0.05, 0.1) is 79.3 Å². The van der Waals surface area contributed by atoms with Gasteiger partial charge in [-0.05, 0) is 55.2 Å². The quantitative estimate of drug-likeness (QED) is 0.0385. The molecule has 0 aliphatic carbocycles. The molecule has 738 valence electrons. The highest BCUT2D eigenvalue weighted by molar-refractivity contribution is 5.35. The molecule has 6 saturated heterocycles. The lowest BCUT2D eigenvalue weighted by molar-refractivity contribution is -0.318. The highest BCUT2D eigenvalue weighted by atomic mass is 16.7. The predicted octanol–water partition coefficient (Wildman–Crippen LogP) is 0.105. The highest BCUT2D eigenvalue weighted by Crippen LogP contribution is 2.44. The summed E-state index contributed by atoms with van der Waals surface area (Å²) in [6.45, 7) is -1.42. The van der Waals surface area contributed by atoms with Crippen molar-refractivity contribution in [1.29, 1.82) is 0 Å². The standard InChI is InChI=1S/C90H162O36/c1-4-7-10-13-16-19-22-25-28-31-36-88(49-115-82-76(109)70(103)64(97)58(43-91)121-82,50-116-83-77(110)71(104)65(98)59(44-92)122-83)40-55-34-35-56(41-89(37-32-29-26-23-20-17-14-11-8-5-2,51-117-84-78(111)72(105)66(99)60(45-93)123-84)52-118-85-79(112)73(106)67(100)61(46-94)124-85)57(39-55)42-90(38-33-30-27-24-21-18-15-12-9-6-3,53-119-86-80(113)74(107)68(101)62(47-95)125-86)54-120-87-81(114)75(108)69(102)63(48-96)126-87/h34-35,39,58-87,91-114H,4-33,36-38,40-54H2,1-3H3/t58?,59?,60?,61?,62?,63?,64-,65-,66-,67-,68-,69-,70+,71+,72+,73+,74+,75+,76?,77?,78?,79?,80?,81?,82-,83-,84-,85-,86-,87-,88?,89?,90?/m1/s1. The molecule has 0 radical (unpaired) electrons. The van der Waals surface area contributed by atoms with Crippen molar-refractivity contribution in [2.24, 2.45) is 16.2 Å². The van der Waals surface area contributed by atoms with Crippen molar-refractivity contribution in [2.45, 2.75) is 436 Å². The molecule has 7 rings (SSSR count). The lowest BCUT2D eigenvalue weighted by atomic mass is 9.72. The fourth-order valence-corrected chi connectivity index (χ4v) is 18.2. The van der Waals surface area contributed by atoms with Crippen LogP contribution in [0.3, 0.4) is 0 Å². The van der Waals surface area contributed by atoms with Crippen LogP contribution in [0.15, 0.2) is 18.2 Å². The molecule has 12 unspecified atom stereocenters. The van der Waals surface area contributed by atoms with Crippen LogP contribution in [0.1, 0.15) is 249 Å². The molecule has 6 aliphatic heterocycles. The summed E-state index contributed by atoms with van der Waals surface area (Å²) >= 11 is 0. The van der Waals surface area contributed by atoms with Gasteiger partial charge in [-0.3, -0.25) is 0 Å². The largest absolute Gasteiger partial charge is 0.394 e. The van der Waals surface area contributed by atoms with E-state index in [9.17, 15) is 123 Å². The molecule has 24 N–H and O–H groups in total. The Hall–Kier alpha value is -2.22. The molecule has 6 aliphatic rings. The summed E-state index contributed by atoms with van der Waals surface area (Å²) in [7, 11) is 0. The lowest BCUT2D eigenvalue weighted by Gasteiger charge is -2.44. The second-order valence-corrected chi connectivity index (χ2v) is 37.0. The third kappa shape index (κ3) is 32.8. The van der Waals surface area contributed by atoms with Gasteiger partial charge < -0.3 is 179 Å². The van der Waals surface area contributed by atoms with Crippen LogP contribution in [-0.2, 0) is 76.1 Å². The second-order valence-electron chi connectivity index (χ2n) is 37.0. The zero-order chi connectivity index (χ0) is 92.1. The third-order valence-corrected chi connectivity index (χ3v) is 26.6. The van der Waals surface area contributed by atoms with E-state index in [1.54, 1.807) is 12.1 Å². The molecule has 0 aromatic heterocycles. The molecule has 36 nitrogen and oxygen atoms in total. The van der Waals surface area contributed by atoms with Crippen molar-refractivity contribution in [2.75, 3.05) is 79.3 Å². The van der Waals surface area contributed by atoms with Crippen molar-refractivity contribution in [3.05, 3.63) is 34.9 Å². The van der Waals surface area contributed by atoms with E-state index < -0.39 is 280 Å². The fraction of sp³-hybridized carbons (Fsp3) is 0.933. The molecule has 0 spiro atoms. The van der Waals surface area contributed by atoms with Crippen LogP contribution in [0.5, 0.6) is 0 Å². The number of benzene rings is 1. The Morgan fingerprint density at radius 3 is 0.603 bits per heavy atom. The van der Waals surface area contributed by atoms with E-state index in [0.29, 0.717) is 55.2 Å². The Morgan fingerprint density at radius 2 is 0.405 bits per heavy atom. The zero-order valence-electron chi connectivity index (χ0n) is 74.6. The highest BCUT2D eigenvalue weighted by Gasteiger charge is 2.53. The molecule has 1 aromatic rings. The average molecular weight is 1820 g/mol. The van der Waals surface area contributed by atoms with Crippen LogP contribution in [0.2, 0.25) is 0 Å². The molecular formula is C90H162O36. The minimum absolute atomic E-state index is 0.106. The van der Waals surface area contributed by atoms with Gasteiger partial charge in [-0.15, -0.1) is 0 Å². The molecule has 126 heavy (non-hydrogen) atoms. The summed E-state index contributed by atoms with van der Waals surface area (Å²) in [5.41, 5.74) is -3.06. The molecular weight excluding hydrogens is 1660 g/mol. The molecule has 6 heterocycles. The van der Waals surface area contributed by atoms with Crippen molar-refractivity contribution in [3.8, 4) is 0 Å². The smallest absolute Gasteiger partial charge is 0.186 e. The number of unbranched alkanes of at least 4 members (excludes halogenated alkanes) is 27. The Bertz CT molecular complexity index is 2880. The maximum atomic E-state index is 11.8. The summed E-state index contributed by atoms with van der Waals surface area (Å²) in [6, 6.07) is 5.43. The second kappa shape index (κ2) is 57.6. The molecule has 0 amide bonds. The van der Waals surface area contributed by atoms with Crippen molar-refractivity contribution in [1.82, 2.24) is 0 Å². The van der Waals surface area contributed by atoms with Gasteiger partial charge in [0.1, 0.15) is 146 Å². The zero-order valence-corrected chi connectivity index (χ0v) is 74.6. The molecule has 6 fully saturated rings. The lowest BCUT2D eigenvalue weighted by Crippen LogP contribution is -2.60. The van der Waals surface area contributed by atoms with Gasteiger partial charge in [0.2, 0.25) is 0 Å². The monoisotopic (exact) mass is 1820 g/mol. The predicted molar refractivity (Wildman–Crippen MR) is 453 cm³/mol. The Balaban J connectivity index is 1.51. The topological polar surface area (TPSA) is 596 Å². The number of hydrogen-bond donors (Lipinski definition) is 24. The third-order valence-electron chi connectivity index (χ3n) is 26.6. The van der Waals surface area contributed by atoms with Crippen LogP contribution >= 0.6 is 0 Å². The van der Waals surface area contributed by atoms with Gasteiger partial charge in [-0.25, -0.2) is 0 Å². The van der Waals surface area contributed by atoms with E-state index in [1.807, 2.05) is 6.07 Å². The molecule has 1 aromatic carbocycles. The van der Waals surface area contributed by atoms with E-state index in [1.165, 1.54) is 0 Å². The van der Waals surface area contributed by atoms with Gasteiger partial charge in [0.25, 0.3) is 0 Å². The first-order chi connectivity index (χ1) is 60.5. The number of aliphatic hydroxyl groups is 24. The van der Waals surface area contributed by atoms with Crippen LogP contribution in [-0.4, -0.2) is 386 Å². The van der Waals surface area contributed by atoms with Crippen molar-refractivity contribution >= 4 is 0 Å². The number of rotatable bonds is 63. The van der Waals surface area contributed by atoms with E-state index in [-0.39, 0.29) is 38.5 Å². The Labute approximate surface area is 742 Å². The van der Waals surface area contributed by atoms with Crippen molar-refractivity contribution < 1.29 is 179 Å². The first kappa shape index (κ1) is 111. The summed E-state index contributed by atoms with van der Waals surface area (Å²) in [4.78, 5) is 0. The summed E-state index contributed by atoms with van der Waals surface area (Å²) in [5, 5.41) is 268. The number of ether oxygens (including phenoxy) is 12. The fourth-order valence-electron chi connectivity index (χ4n) is 18.2. The first-order valence-corrected chi connectivity index (χ1v) is 47.1. The van der Waals surface area contributed by atoms with Crippen LogP contribution in [0, 0.1) is 16.2 Å². The molecule has 36 heteroatoms. The SMILES string of the molecule is CCCCCCCCCCCCC(CO[C@@H]1OC(CO)[C@@H](O)[C@H](O)C1O)(CO[C@@H]1OC(CO)[C@@H](O)[C@H](O)C1O)Cc1ccc(CC(CCCCCCCCCCCC)(CO[C@@H]2OC(CO)[C@@H](O)[C@H](O)C2O)CO[C@@H]2OC(CO)[C@@H](O)[C@H](O)C2O)c(CC(CCCCCCCCCCCC)(CO[C@@H]2OC(CO)[C@@H](O)[C@H](O)C2O)CO[C@@H]2OC(CO)[C@@H](O)[C@H](O)C2O)c1. The number of hydrogen-bond acceptors (Lipinski definition) is 36. The van der Waals surface area contributed by atoms with E-state index in [0.717, 1.165) is 154 Å². The van der Waals surface area contributed by atoms with Gasteiger partial charge in [-0.2, -0.15) is 0 Å². The molecule has 0 saturated carbocycles. The summed E-state index contributed by atoms with van der Waals surface area (Å²) < 4.78 is 76.1. The molecule has 0 bridgehead atoms. The molecule has 30 atom stereocenters. The number of aliphatic hydroxyl groups excluding tert-OH is 24.